The van der Waals surface area contributed by atoms with Crippen molar-refractivity contribution >= 4 is 17.7 Å². The van der Waals surface area contributed by atoms with Crippen LogP contribution in [0, 0.1) is 13.8 Å². The monoisotopic (exact) mass is 247 g/mol. The van der Waals surface area contributed by atoms with Crippen LogP contribution >= 0.6 is 0 Å². The molecule has 2 heterocycles. The standard InChI is InChI=1S/C11H13N5O2/c1-6-4-8(5-9(12-3)13-6)10(17)14-11-16-15-7(2)18-11/h4-5H,1-3H3,(H,12,13)(H,14,16,17). The first-order valence-corrected chi connectivity index (χ1v) is 5.36. The summed E-state index contributed by atoms with van der Waals surface area (Å²) >= 11 is 0. The van der Waals surface area contributed by atoms with E-state index in [2.05, 4.69) is 25.8 Å². The van der Waals surface area contributed by atoms with Gasteiger partial charge in [0.1, 0.15) is 5.82 Å². The van der Waals surface area contributed by atoms with Gasteiger partial charge in [-0.05, 0) is 19.1 Å². The Morgan fingerprint density at radius 3 is 2.67 bits per heavy atom. The van der Waals surface area contributed by atoms with Gasteiger partial charge in [0.25, 0.3) is 5.91 Å². The molecule has 2 aromatic heterocycles. The van der Waals surface area contributed by atoms with Gasteiger partial charge in [0.2, 0.25) is 5.89 Å². The first-order valence-electron chi connectivity index (χ1n) is 5.36. The lowest BCUT2D eigenvalue weighted by Gasteiger charge is -2.05. The van der Waals surface area contributed by atoms with E-state index in [0.29, 0.717) is 17.3 Å². The zero-order valence-electron chi connectivity index (χ0n) is 10.3. The Labute approximate surface area is 104 Å². The molecule has 0 fully saturated rings. The fraction of sp³-hybridized carbons (Fsp3) is 0.273. The van der Waals surface area contributed by atoms with E-state index in [1.54, 1.807) is 26.1 Å². The summed E-state index contributed by atoms with van der Waals surface area (Å²) in [6, 6.07) is 3.41. The zero-order chi connectivity index (χ0) is 13.1. The van der Waals surface area contributed by atoms with E-state index in [1.165, 1.54) is 0 Å². The van der Waals surface area contributed by atoms with Crippen LogP contribution in [0.15, 0.2) is 16.5 Å². The molecule has 0 saturated carbocycles. The normalized spacial score (nSPS) is 10.2. The second-order valence-electron chi connectivity index (χ2n) is 3.71. The number of nitrogens with one attached hydrogen (secondary N) is 2. The first-order chi connectivity index (χ1) is 8.58. The van der Waals surface area contributed by atoms with Crippen molar-refractivity contribution in [3.05, 3.63) is 29.3 Å². The highest BCUT2D eigenvalue weighted by Gasteiger charge is 2.11. The number of aryl methyl sites for hydroxylation is 2. The molecule has 7 nitrogen and oxygen atoms in total. The van der Waals surface area contributed by atoms with Crippen molar-refractivity contribution in [1.82, 2.24) is 15.2 Å². The molecule has 2 rings (SSSR count). The Hall–Kier alpha value is -2.44. The van der Waals surface area contributed by atoms with Gasteiger partial charge in [0, 0.05) is 25.2 Å². The highest BCUT2D eigenvalue weighted by atomic mass is 16.4. The minimum absolute atomic E-state index is 0.0815. The van der Waals surface area contributed by atoms with Crippen LogP contribution in [-0.2, 0) is 0 Å². The van der Waals surface area contributed by atoms with Gasteiger partial charge < -0.3 is 9.73 Å². The number of hydrogen-bond acceptors (Lipinski definition) is 6. The number of hydrogen-bond donors (Lipinski definition) is 2. The first kappa shape index (κ1) is 12.0. The molecule has 0 aliphatic rings. The highest BCUT2D eigenvalue weighted by Crippen LogP contribution is 2.12. The van der Waals surface area contributed by atoms with Crippen LogP contribution in [0.2, 0.25) is 0 Å². The maximum Gasteiger partial charge on any atom is 0.322 e. The van der Waals surface area contributed by atoms with Crippen LogP contribution in [0.5, 0.6) is 0 Å². The number of carbonyl (C=O) groups excluding carboxylic acids is 1. The third-order valence-corrected chi connectivity index (χ3v) is 2.22. The SMILES string of the molecule is CNc1cc(C(=O)Nc2nnc(C)o2)cc(C)n1. The van der Waals surface area contributed by atoms with E-state index < -0.39 is 0 Å². The summed E-state index contributed by atoms with van der Waals surface area (Å²) in [5.41, 5.74) is 1.22. The van der Waals surface area contributed by atoms with Crippen molar-refractivity contribution < 1.29 is 9.21 Å². The molecular formula is C11H13N5O2. The van der Waals surface area contributed by atoms with Crippen molar-refractivity contribution in [2.45, 2.75) is 13.8 Å². The predicted octanol–water partition coefficient (Wildman–Crippen LogP) is 1.38. The lowest BCUT2D eigenvalue weighted by molar-refractivity contribution is 0.102. The number of aromatic nitrogens is 3. The molecular weight excluding hydrogens is 234 g/mol. The zero-order valence-corrected chi connectivity index (χ0v) is 10.3. The number of rotatable bonds is 3. The van der Waals surface area contributed by atoms with Gasteiger partial charge in [-0.3, -0.25) is 10.1 Å². The molecule has 2 aromatic rings. The third kappa shape index (κ3) is 2.62. The third-order valence-electron chi connectivity index (χ3n) is 2.22. The number of amides is 1. The Kier molecular flexibility index (Phi) is 3.22. The summed E-state index contributed by atoms with van der Waals surface area (Å²) in [4.78, 5) is 16.2. The van der Waals surface area contributed by atoms with Crippen LogP contribution in [0.1, 0.15) is 21.9 Å². The minimum atomic E-state index is -0.319. The van der Waals surface area contributed by atoms with E-state index in [0.717, 1.165) is 5.69 Å². The Bertz CT molecular complexity index is 579. The number of nitrogens with zero attached hydrogens (tertiary/aromatic N) is 3. The summed E-state index contributed by atoms with van der Waals surface area (Å²) in [6.45, 7) is 3.47. The van der Waals surface area contributed by atoms with E-state index in [-0.39, 0.29) is 11.9 Å². The van der Waals surface area contributed by atoms with Gasteiger partial charge in [-0.25, -0.2) is 4.98 Å². The molecule has 18 heavy (non-hydrogen) atoms. The van der Waals surface area contributed by atoms with Crippen molar-refractivity contribution in [2.75, 3.05) is 17.7 Å². The molecule has 0 aromatic carbocycles. The van der Waals surface area contributed by atoms with Gasteiger partial charge in [-0.2, -0.15) is 0 Å². The maximum atomic E-state index is 11.9. The molecule has 0 saturated heterocycles. The van der Waals surface area contributed by atoms with Gasteiger partial charge in [0.05, 0.1) is 0 Å². The summed E-state index contributed by atoms with van der Waals surface area (Å²) < 4.78 is 5.08. The molecule has 0 bridgehead atoms. The average Bonchev–Trinajstić information content (AvgIpc) is 2.73. The fourth-order valence-electron chi connectivity index (χ4n) is 1.44. The average molecular weight is 247 g/mol. The van der Waals surface area contributed by atoms with Crippen molar-refractivity contribution in [2.24, 2.45) is 0 Å². The van der Waals surface area contributed by atoms with Crippen LogP contribution in [0.3, 0.4) is 0 Å². The van der Waals surface area contributed by atoms with Gasteiger partial charge >= 0.3 is 6.01 Å². The van der Waals surface area contributed by atoms with Crippen molar-refractivity contribution in [3.8, 4) is 0 Å². The van der Waals surface area contributed by atoms with Crippen molar-refractivity contribution in [3.63, 3.8) is 0 Å². The van der Waals surface area contributed by atoms with Crippen LogP contribution < -0.4 is 10.6 Å². The van der Waals surface area contributed by atoms with Gasteiger partial charge in [-0.1, -0.05) is 5.10 Å². The largest absolute Gasteiger partial charge is 0.408 e. The summed E-state index contributed by atoms with van der Waals surface area (Å²) in [7, 11) is 1.74. The summed E-state index contributed by atoms with van der Waals surface area (Å²) in [5.74, 6) is 0.703. The molecule has 2 N–H and O–H groups in total. The molecule has 0 radical (unpaired) electrons. The Morgan fingerprint density at radius 1 is 1.28 bits per heavy atom. The second-order valence-corrected chi connectivity index (χ2v) is 3.71. The number of anilines is 2. The molecule has 0 aliphatic carbocycles. The summed E-state index contributed by atoms with van der Waals surface area (Å²) in [5, 5.41) is 12.7. The molecule has 94 valence electrons. The summed E-state index contributed by atoms with van der Waals surface area (Å²) in [6.07, 6.45) is 0. The van der Waals surface area contributed by atoms with E-state index in [4.69, 9.17) is 4.42 Å². The molecule has 0 unspecified atom stereocenters. The van der Waals surface area contributed by atoms with Crippen LogP contribution in [-0.4, -0.2) is 28.1 Å². The predicted molar refractivity (Wildman–Crippen MR) is 65.5 cm³/mol. The smallest absolute Gasteiger partial charge is 0.322 e. The molecule has 0 spiro atoms. The number of carbonyl (C=O) groups is 1. The number of pyridine rings is 1. The maximum absolute atomic E-state index is 11.9. The van der Waals surface area contributed by atoms with Gasteiger partial charge in [-0.15, -0.1) is 5.10 Å². The lowest BCUT2D eigenvalue weighted by Crippen LogP contribution is -2.13. The van der Waals surface area contributed by atoms with Crippen LogP contribution in [0.4, 0.5) is 11.8 Å². The van der Waals surface area contributed by atoms with Gasteiger partial charge in [0.15, 0.2) is 0 Å². The van der Waals surface area contributed by atoms with E-state index >= 15 is 0 Å². The quantitative estimate of drug-likeness (QED) is 0.851. The second kappa shape index (κ2) is 4.82. The van der Waals surface area contributed by atoms with Crippen LogP contribution in [0.25, 0.3) is 0 Å². The lowest BCUT2D eigenvalue weighted by atomic mass is 10.2. The van der Waals surface area contributed by atoms with Crippen molar-refractivity contribution in [1.29, 1.82) is 0 Å². The molecule has 0 aliphatic heterocycles. The minimum Gasteiger partial charge on any atom is -0.408 e. The molecule has 1 amide bonds. The topological polar surface area (TPSA) is 92.9 Å². The van der Waals surface area contributed by atoms with E-state index in [1.807, 2.05) is 6.92 Å². The highest BCUT2D eigenvalue weighted by molar-refractivity contribution is 6.03. The molecule has 7 heteroatoms. The Balaban J connectivity index is 2.20. The molecule has 0 atom stereocenters. The van der Waals surface area contributed by atoms with E-state index in [9.17, 15) is 4.79 Å². The fourth-order valence-corrected chi connectivity index (χ4v) is 1.44. The Morgan fingerprint density at radius 2 is 2.06 bits per heavy atom.